The summed E-state index contributed by atoms with van der Waals surface area (Å²) in [4.78, 5) is 7.84. The van der Waals surface area contributed by atoms with Crippen LogP contribution in [0.4, 0.5) is 11.8 Å². The first kappa shape index (κ1) is 12.9. The zero-order valence-electron chi connectivity index (χ0n) is 10.7. The molecule has 0 fully saturated rings. The van der Waals surface area contributed by atoms with Crippen LogP contribution in [0.25, 0.3) is 0 Å². The van der Waals surface area contributed by atoms with Gasteiger partial charge in [-0.2, -0.15) is 9.97 Å². The van der Waals surface area contributed by atoms with Gasteiger partial charge in [0.2, 0.25) is 11.8 Å². The Kier molecular flexibility index (Phi) is 3.67. The molecule has 0 atom stereocenters. The molecule has 1 aromatic heterocycles. The number of benzene rings is 1. The quantitative estimate of drug-likeness (QED) is 0.564. The van der Waals surface area contributed by atoms with Crippen LogP contribution in [0.3, 0.4) is 0 Å². The predicted octanol–water partition coefficient (Wildman–Crippen LogP) is 1.45. The fourth-order valence-corrected chi connectivity index (χ4v) is 1.54. The second kappa shape index (κ2) is 5.40. The van der Waals surface area contributed by atoms with Crippen molar-refractivity contribution in [1.82, 2.24) is 9.97 Å². The molecule has 19 heavy (non-hydrogen) atoms. The van der Waals surface area contributed by atoms with Gasteiger partial charge in [0, 0.05) is 6.07 Å². The molecule has 0 bridgehead atoms. The third kappa shape index (κ3) is 3.02. The summed E-state index contributed by atoms with van der Waals surface area (Å²) >= 11 is 0. The fourth-order valence-electron chi connectivity index (χ4n) is 1.54. The molecule has 7 heteroatoms. The number of nitrogens with one attached hydrogen (secondary N) is 1. The van der Waals surface area contributed by atoms with Crippen molar-refractivity contribution >= 4 is 11.8 Å². The van der Waals surface area contributed by atoms with Gasteiger partial charge in [-0.15, -0.1) is 0 Å². The van der Waals surface area contributed by atoms with Crippen LogP contribution < -0.4 is 26.5 Å². The van der Waals surface area contributed by atoms with Crippen LogP contribution in [-0.2, 0) is 0 Å². The van der Waals surface area contributed by atoms with Crippen LogP contribution in [0, 0.1) is 6.92 Å². The standard InChI is InChI=1S/C12H15N5O2/c1-7-3-4-8(9(5-7)18-2)19-11-6-10(17-14)15-12(13)16-11/h3-6H,14H2,1-2H3,(H3,13,15,16,17). The Labute approximate surface area is 110 Å². The van der Waals surface area contributed by atoms with E-state index in [0.29, 0.717) is 17.3 Å². The highest BCUT2D eigenvalue weighted by Gasteiger charge is 2.08. The minimum Gasteiger partial charge on any atom is -0.493 e. The lowest BCUT2D eigenvalue weighted by Crippen LogP contribution is -2.10. The molecule has 0 aliphatic rings. The number of hydrogen-bond acceptors (Lipinski definition) is 7. The van der Waals surface area contributed by atoms with Gasteiger partial charge in [-0.05, 0) is 24.6 Å². The van der Waals surface area contributed by atoms with Gasteiger partial charge in [0.05, 0.1) is 7.11 Å². The van der Waals surface area contributed by atoms with Crippen LogP contribution >= 0.6 is 0 Å². The summed E-state index contributed by atoms with van der Waals surface area (Å²) in [5.74, 6) is 7.14. The zero-order valence-corrected chi connectivity index (χ0v) is 10.7. The Morgan fingerprint density at radius 3 is 2.63 bits per heavy atom. The monoisotopic (exact) mass is 261 g/mol. The molecule has 0 aliphatic heterocycles. The molecule has 0 saturated heterocycles. The summed E-state index contributed by atoms with van der Waals surface area (Å²) in [5, 5.41) is 0. The van der Waals surface area contributed by atoms with Crippen LogP contribution in [0.2, 0.25) is 0 Å². The summed E-state index contributed by atoms with van der Waals surface area (Å²) in [5.41, 5.74) is 9.01. The summed E-state index contributed by atoms with van der Waals surface area (Å²) in [7, 11) is 1.57. The van der Waals surface area contributed by atoms with E-state index in [4.69, 9.17) is 21.1 Å². The normalized spacial score (nSPS) is 10.1. The van der Waals surface area contributed by atoms with E-state index in [1.165, 1.54) is 6.07 Å². The van der Waals surface area contributed by atoms with Crippen molar-refractivity contribution in [3.63, 3.8) is 0 Å². The SMILES string of the molecule is COc1cc(C)ccc1Oc1cc(NN)nc(N)n1. The van der Waals surface area contributed by atoms with E-state index in [2.05, 4.69) is 15.4 Å². The molecule has 1 heterocycles. The van der Waals surface area contributed by atoms with Crippen molar-refractivity contribution < 1.29 is 9.47 Å². The van der Waals surface area contributed by atoms with Crippen molar-refractivity contribution in [3.05, 3.63) is 29.8 Å². The first-order chi connectivity index (χ1) is 9.12. The average molecular weight is 261 g/mol. The summed E-state index contributed by atoms with van der Waals surface area (Å²) < 4.78 is 10.9. The van der Waals surface area contributed by atoms with Gasteiger partial charge < -0.3 is 20.6 Å². The van der Waals surface area contributed by atoms with E-state index >= 15 is 0 Å². The zero-order chi connectivity index (χ0) is 13.8. The van der Waals surface area contributed by atoms with E-state index in [9.17, 15) is 0 Å². The second-order valence-electron chi connectivity index (χ2n) is 3.85. The Morgan fingerprint density at radius 2 is 1.95 bits per heavy atom. The minimum atomic E-state index is 0.0662. The lowest BCUT2D eigenvalue weighted by molar-refractivity contribution is 0.374. The molecule has 5 N–H and O–H groups in total. The third-order valence-corrected chi connectivity index (χ3v) is 2.40. The average Bonchev–Trinajstić information content (AvgIpc) is 2.40. The number of anilines is 2. The molecular weight excluding hydrogens is 246 g/mol. The molecule has 0 radical (unpaired) electrons. The number of methoxy groups -OCH3 is 1. The first-order valence-electron chi connectivity index (χ1n) is 5.56. The fraction of sp³-hybridized carbons (Fsp3) is 0.167. The Morgan fingerprint density at radius 1 is 1.16 bits per heavy atom. The highest BCUT2D eigenvalue weighted by Crippen LogP contribution is 2.32. The van der Waals surface area contributed by atoms with Crippen molar-refractivity contribution in [2.45, 2.75) is 6.92 Å². The molecule has 7 nitrogen and oxygen atoms in total. The van der Waals surface area contributed by atoms with E-state index in [0.717, 1.165) is 5.56 Å². The summed E-state index contributed by atoms with van der Waals surface area (Å²) in [6.45, 7) is 1.96. The molecule has 0 aliphatic carbocycles. The van der Waals surface area contributed by atoms with Crippen LogP contribution in [0.5, 0.6) is 17.4 Å². The number of nitrogen functional groups attached to an aromatic ring is 2. The molecule has 0 amide bonds. The molecule has 0 unspecified atom stereocenters. The molecule has 100 valence electrons. The highest BCUT2D eigenvalue weighted by atomic mass is 16.5. The van der Waals surface area contributed by atoms with Crippen LogP contribution in [-0.4, -0.2) is 17.1 Å². The molecule has 2 aromatic rings. The Bertz CT molecular complexity index is 588. The Balaban J connectivity index is 2.33. The number of hydrogen-bond donors (Lipinski definition) is 3. The Hall–Kier alpha value is -2.54. The molecule has 0 saturated carbocycles. The number of ether oxygens (including phenoxy) is 2. The lowest BCUT2D eigenvalue weighted by Gasteiger charge is -2.11. The summed E-state index contributed by atoms with van der Waals surface area (Å²) in [6, 6.07) is 7.10. The number of aryl methyl sites for hydroxylation is 1. The van der Waals surface area contributed by atoms with Gasteiger partial charge in [0.15, 0.2) is 11.5 Å². The maximum absolute atomic E-state index is 5.63. The maximum Gasteiger partial charge on any atom is 0.226 e. The van der Waals surface area contributed by atoms with E-state index in [-0.39, 0.29) is 11.8 Å². The van der Waals surface area contributed by atoms with E-state index in [1.807, 2.05) is 19.1 Å². The van der Waals surface area contributed by atoms with Gasteiger partial charge in [-0.1, -0.05) is 6.07 Å². The van der Waals surface area contributed by atoms with Gasteiger partial charge in [0.25, 0.3) is 0 Å². The topological polar surface area (TPSA) is 108 Å². The largest absolute Gasteiger partial charge is 0.493 e. The minimum absolute atomic E-state index is 0.0662. The van der Waals surface area contributed by atoms with Gasteiger partial charge in [0.1, 0.15) is 5.82 Å². The first-order valence-corrected chi connectivity index (χ1v) is 5.56. The van der Waals surface area contributed by atoms with Crippen molar-refractivity contribution in [2.24, 2.45) is 5.84 Å². The number of aromatic nitrogens is 2. The molecule has 0 spiro atoms. The van der Waals surface area contributed by atoms with Gasteiger partial charge in [-0.25, -0.2) is 5.84 Å². The van der Waals surface area contributed by atoms with Crippen molar-refractivity contribution in [2.75, 3.05) is 18.3 Å². The second-order valence-corrected chi connectivity index (χ2v) is 3.85. The number of nitrogens with two attached hydrogens (primary N) is 2. The number of hydrazine groups is 1. The molecule has 1 aromatic carbocycles. The van der Waals surface area contributed by atoms with Gasteiger partial charge >= 0.3 is 0 Å². The summed E-state index contributed by atoms with van der Waals surface area (Å²) in [6.07, 6.45) is 0. The number of rotatable bonds is 4. The lowest BCUT2D eigenvalue weighted by atomic mass is 10.2. The van der Waals surface area contributed by atoms with E-state index < -0.39 is 0 Å². The van der Waals surface area contributed by atoms with E-state index in [1.54, 1.807) is 13.2 Å². The van der Waals surface area contributed by atoms with Crippen LogP contribution in [0.15, 0.2) is 24.3 Å². The molecular formula is C12H15N5O2. The smallest absolute Gasteiger partial charge is 0.226 e. The van der Waals surface area contributed by atoms with Crippen molar-refractivity contribution in [3.8, 4) is 17.4 Å². The van der Waals surface area contributed by atoms with Crippen LogP contribution in [0.1, 0.15) is 5.56 Å². The van der Waals surface area contributed by atoms with Gasteiger partial charge in [-0.3, -0.25) is 0 Å². The third-order valence-electron chi connectivity index (χ3n) is 2.40. The highest BCUT2D eigenvalue weighted by molar-refractivity contribution is 5.47. The predicted molar refractivity (Wildman–Crippen MR) is 72.1 cm³/mol. The maximum atomic E-state index is 5.63. The molecule has 2 rings (SSSR count). The van der Waals surface area contributed by atoms with Crippen molar-refractivity contribution in [1.29, 1.82) is 0 Å². The number of nitrogens with zero attached hydrogens (tertiary/aromatic N) is 2.